The topological polar surface area (TPSA) is 61.0 Å². The lowest BCUT2D eigenvalue weighted by Gasteiger charge is -2.15. The molecule has 0 aliphatic carbocycles. The zero-order valence-corrected chi connectivity index (χ0v) is 10.8. The maximum absolute atomic E-state index is 6.24. The summed E-state index contributed by atoms with van der Waals surface area (Å²) >= 11 is 0. The van der Waals surface area contributed by atoms with Crippen LogP contribution in [0.15, 0.2) is 30.6 Å². The predicted molar refractivity (Wildman–Crippen MR) is 70.5 cm³/mol. The van der Waals surface area contributed by atoms with E-state index >= 15 is 0 Å². The van der Waals surface area contributed by atoms with Gasteiger partial charge in [0.15, 0.2) is 0 Å². The molecule has 0 saturated heterocycles. The second kappa shape index (κ2) is 5.14. The molecule has 4 nitrogen and oxygen atoms in total. The van der Waals surface area contributed by atoms with Crippen molar-refractivity contribution in [3.63, 3.8) is 0 Å². The Labute approximate surface area is 107 Å². The Morgan fingerprint density at radius 1 is 1.17 bits per heavy atom. The summed E-state index contributed by atoms with van der Waals surface area (Å²) in [6.45, 7) is 4.13. The highest BCUT2D eigenvalue weighted by molar-refractivity contribution is 5.37. The molecule has 0 fully saturated rings. The minimum atomic E-state index is -0.212. The molecule has 0 radical (unpaired) electrons. The number of aromatic nitrogens is 2. The van der Waals surface area contributed by atoms with Crippen molar-refractivity contribution in [2.24, 2.45) is 5.73 Å². The highest BCUT2D eigenvalue weighted by Gasteiger charge is 2.12. The Kier molecular flexibility index (Phi) is 3.58. The van der Waals surface area contributed by atoms with E-state index in [2.05, 4.69) is 42.0 Å². The fourth-order valence-corrected chi connectivity index (χ4v) is 1.95. The molecule has 1 atom stereocenters. The standard InChI is InChI=1S/C14H17N3O/c1-9-4-5-12(10(2)6-9)13(15)11-7-16-14(18-3)17-8-11/h4-8,13H,15H2,1-3H3. The van der Waals surface area contributed by atoms with Gasteiger partial charge in [0.25, 0.3) is 0 Å². The van der Waals surface area contributed by atoms with Gasteiger partial charge in [0.2, 0.25) is 0 Å². The number of ether oxygens (including phenoxy) is 1. The quantitative estimate of drug-likeness (QED) is 0.897. The van der Waals surface area contributed by atoms with E-state index < -0.39 is 0 Å². The van der Waals surface area contributed by atoms with Crippen LogP contribution < -0.4 is 10.5 Å². The normalized spacial score (nSPS) is 12.2. The first-order chi connectivity index (χ1) is 8.61. The van der Waals surface area contributed by atoms with Crippen LogP contribution in [0, 0.1) is 13.8 Å². The largest absolute Gasteiger partial charge is 0.467 e. The summed E-state index contributed by atoms with van der Waals surface area (Å²) in [7, 11) is 1.54. The monoisotopic (exact) mass is 243 g/mol. The first-order valence-corrected chi connectivity index (χ1v) is 5.80. The van der Waals surface area contributed by atoms with Crippen molar-refractivity contribution in [2.45, 2.75) is 19.9 Å². The van der Waals surface area contributed by atoms with E-state index in [0.717, 1.165) is 11.1 Å². The zero-order chi connectivity index (χ0) is 13.1. The van der Waals surface area contributed by atoms with Gasteiger partial charge in [-0.05, 0) is 25.0 Å². The van der Waals surface area contributed by atoms with Crippen LogP contribution in [0.2, 0.25) is 0 Å². The Balaban J connectivity index is 2.31. The summed E-state index contributed by atoms with van der Waals surface area (Å²) in [4.78, 5) is 8.16. The molecule has 0 amide bonds. The Morgan fingerprint density at radius 3 is 2.39 bits per heavy atom. The number of methoxy groups -OCH3 is 1. The van der Waals surface area contributed by atoms with Gasteiger partial charge in [0, 0.05) is 18.0 Å². The molecular formula is C14H17N3O. The predicted octanol–water partition coefficient (Wildman–Crippen LogP) is 2.15. The van der Waals surface area contributed by atoms with Gasteiger partial charge in [-0.1, -0.05) is 23.8 Å². The third-order valence-electron chi connectivity index (χ3n) is 2.95. The molecule has 0 bridgehead atoms. The van der Waals surface area contributed by atoms with Crippen molar-refractivity contribution in [3.8, 4) is 6.01 Å². The van der Waals surface area contributed by atoms with Gasteiger partial charge < -0.3 is 10.5 Å². The van der Waals surface area contributed by atoms with E-state index in [4.69, 9.17) is 10.5 Å². The number of nitrogens with two attached hydrogens (primary N) is 1. The van der Waals surface area contributed by atoms with Gasteiger partial charge in [0.1, 0.15) is 0 Å². The van der Waals surface area contributed by atoms with Crippen molar-refractivity contribution < 1.29 is 4.74 Å². The van der Waals surface area contributed by atoms with Gasteiger partial charge in [-0.15, -0.1) is 0 Å². The average Bonchev–Trinajstić information content (AvgIpc) is 2.38. The van der Waals surface area contributed by atoms with Crippen molar-refractivity contribution in [2.75, 3.05) is 7.11 Å². The van der Waals surface area contributed by atoms with Crippen LogP contribution in [-0.4, -0.2) is 17.1 Å². The molecule has 2 N–H and O–H groups in total. The van der Waals surface area contributed by atoms with Gasteiger partial charge >= 0.3 is 6.01 Å². The smallest absolute Gasteiger partial charge is 0.316 e. The third kappa shape index (κ3) is 2.49. The summed E-state index contributed by atoms with van der Waals surface area (Å²) in [5.41, 5.74) is 10.6. The molecule has 0 saturated carbocycles. The average molecular weight is 243 g/mol. The van der Waals surface area contributed by atoms with E-state index in [0.29, 0.717) is 6.01 Å². The van der Waals surface area contributed by atoms with Gasteiger partial charge in [-0.3, -0.25) is 0 Å². The van der Waals surface area contributed by atoms with Gasteiger partial charge in [-0.25, -0.2) is 9.97 Å². The highest BCUT2D eigenvalue weighted by Crippen LogP contribution is 2.22. The first-order valence-electron chi connectivity index (χ1n) is 5.80. The van der Waals surface area contributed by atoms with E-state index in [1.165, 1.54) is 11.1 Å². The Hall–Kier alpha value is -1.94. The number of aryl methyl sites for hydroxylation is 2. The van der Waals surface area contributed by atoms with Crippen LogP contribution in [0.5, 0.6) is 6.01 Å². The Morgan fingerprint density at radius 2 is 1.83 bits per heavy atom. The van der Waals surface area contributed by atoms with Crippen molar-refractivity contribution in [3.05, 3.63) is 52.8 Å². The number of nitrogens with zero attached hydrogens (tertiary/aromatic N) is 2. The number of hydrogen-bond donors (Lipinski definition) is 1. The number of benzene rings is 1. The van der Waals surface area contributed by atoms with E-state index in [9.17, 15) is 0 Å². The highest BCUT2D eigenvalue weighted by atomic mass is 16.5. The summed E-state index contributed by atoms with van der Waals surface area (Å²) < 4.78 is 4.93. The van der Waals surface area contributed by atoms with Gasteiger partial charge in [0.05, 0.1) is 13.2 Å². The molecule has 1 aromatic heterocycles. The van der Waals surface area contributed by atoms with Crippen molar-refractivity contribution in [1.82, 2.24) is 9.97 Å². The molecule has 2 rings (SSSR count). The number of hydrogen-bond acceptors (Lipinski definition) is 4. The van der Waals surface area contributed by atoms with Crippen molar-refractivity contribution >= 4 is 0 Å². The molecule has 4 heteroatoms. The lowest BCUT2D eigenvalue weighted by Crippen LogP contribution is -2.14. The SMILES string of the molecule is COc1ncc(C(N)c2ccc(C)cc2C)cn1. The second-order valence-electron chi connectivity index (χ2n) is 4.34. The molecule has 1 unspecified atom stereocenters. The fourth-order valence-electron chi connectivity index (χ4n) is 1.95. The van der Waals surface area contributed by atoms with Gasteiger partial charge in [-0.2, -0.15) is 0 Å². The van der Waals surface area contributed by atoms with E-state index in [-0.39, 0.29) is 6.04 Å². The van der Waals surface area contributed by atoms with E-state index in [1.807, 2.05) is 0 Å². The molecule has 94 valence electrons. The van der Waals surface area contributed by atoms with E-state index in [1.54, 1.807) is 19.5 Å². The third-order valence-corrected chi connectivity index (χ3v) is 2.95. The van der Waals surface area contributed by atoms with Crippen LogP contribution >= 0.6 is 0 Å². The molecule has 0 aliphatic rings. The lowest BCUT2D eigenvalue weighted by molar-refractivity contribution is 0.379. The summed E-state index contributed by atoms with van der Waals surface area (Å²) in [5.74, 6) is 0. The summed E-state index contributed by atoms with van der Waals surface area (Å²) in [6, 6.07) is 6.38. The minimum Gasteiger partial charge on any atom is -0.467 e. The molecule has 2 aromatic rings. The summed E-state index contributed by atoms with van der Waals surface area (Å²) in [5, 5.41) is 0. The maximum Gasteiger partial charge on any atom is 0.316 e. The summed E-state index contributed by atoms with van der Waals surface area (Å²) in [6.07, 6.45) is 3.41. The van der Waals surface area contributed by atoms with Crippen LogP contribution in [0.25, 0.3) is 0 Å². The molecule has 0 aliphatic heterocycles. The fraction of sp³-hybridized carbons (Fsp3) is 0.286. The van der Waals surface area contributed by atoms with Crippen LogP contribution in [-0.2, 0) is 0 Å². The second-order valence-corrected chi connectivity index (χ2v) is 4.34. The number of rotatable bonds is 3. The lowest BCUT2D eigenvalue weighted by atomic mass is 9.96. The molecule has 1 aromatic carbocycles. The molecule has 1 heterocycles. The van der Waals surface area contributed by atoms with Crippen molar-refractivity contribution in [1.29, 1.82) is 0 Å². The van der Waals surface area contributed by atoms with Crippen LogP contribution in [0.3, 0.4) is 0 Å². The molecular weight excluding hydrogens is 226 g/mol. The maximum atomic E-state index is 6.24. The Bertz CT molecular complexity index is 537. The molecule has 18 heavy (non-hydrogen) atoms. The minimum absolute atomic E-state index is 0.212. The zero-order valence-electron chi connectivity index (χ0n) is 10.8. The first kappa shape index (κ1) is 12.5. The van der Waals surface area contributed by atoms with Crippen LogP contribution in [0.4, 0.5) is 0 Å². The van der Waals surface area contributed by atoms with Crippen LogP contribution in [0.1, 0.15) is 28.3 Å². The molecule has 0 spiro atoms.